The number of nitrogens with zero attached hydrogens (tertiary/aromatic N) is 3. The molecule has 0 spiro atoms. The van der Waals surface area contributed by atoms with Crippen molar-refractivity contribution in [3.8, 4) is 22.5 Å². The molecular formula is C26H25F3N4. The van der Waals surface area contributed by atoms with Crippen molar-refractivity contribution in [3.05, 3.63) is 78.4 Å². The van der Waals surface area contributed by atoms with Gasteiger partial charge in [-0.2, -0.15) is 13.2 Å². The van der Waals surface area contributed by atoms with Gasteiger partial charge in [0.25, 0.3) is 0 Å². The van der Waals surface area contributed by atoms with Crippen molar-refractivity contribution in [1.29, 1.82) is 0 Å². The Kier molecular flexibility index (Phi) is 6.60. The van der Waals surface area contributed by atoms with Gasteiger partial charge in [-0.05, 0) is 62.5 Å². The lowest BCUT2D eigenvalue weighted by molar-refractivity contribution is -0.137. The molecular weight excluding hydrogens is 425 g/mol. The molecule has 1 aromatic heterocycles. The topological polar surface area (TPSA) is 41.0 Å². The summed E-state index contributed by atoms with van der Waals surface area (Å²) in [6, 6.07) is 21.2. The van der Waals surface area contributed by atoms with Crippen molar-refractivity contribution in [3.63, 3.8) is 0 Å². The van der Waals surface area contributed by atoms with E-state index in [4.69, 9.17) is 4.98 Å². The van der Waals surface area contributed by atoms with Crippen LogP contribution in [0.15, 0.2) is 72.8 Å². The van der Waals surface area contributed by atoms with Crippen LogP contribution in [-0.2, 0) is 6.18 Å². The van der Waals surface area contributed by atoms with Gasteiger partial charge in [0.15, 0.2) is 5.82 Å². The predicted octanol–water partition coefficient (Wildman–Crippen LogP) is 6.35. The molecule has 4 nitrogen and oxygen atoms in total. The average Bonchev–Trinajstić information content (AvgIpc) is 2.81. The zero-order chi connectivity index (χ0) is 23.4. The molecule has 0 radical (unpaired) electrons. The van der Waals surface area contributed by atoms with Crippen LogP contribution in [-0.4, -0.2) is 42.1 Å². The Labute approximate surface area is 191 Å². The Balaban J connectivity index is 1.77. The second-order valence-electron chi connectivity index (χ2n) is 8.16. The Hall–Kier alpha value is -3.45. The fourth-order valence-corrected chi connectivity index (χ4v) is 3.64. The van der Waals surface area contributed by atoms with E-state index in [1.807, 2.05) is 68.7 Å². The third-order valence-corrected chi connectivity index (χ3v) is 5.33. The van der Waals surface area contributed by atoms with E-state index in [1.54, 1.807) is 0 Å². The summed E-state index contributed by atoms with van der Waals surface area (Å²) >= 11 is 0. The van der Waals surface area contributed by atoms with Crippen molar-refractivity contribution in [2.45, 2.75) is 12.6 Å². The fourth-order valence-electron chi connectivity index (χ4n) is 3.64. The Bertz CT molecular complexity index is 1240. The van der Waals surface area contributed by atoms with E-state index < -0.39 is 11.7 Å². The minimum Gasteiger partial charge on any atom is -0.369 e. The number of rotatable bonds is 7. The van der Waals surface area contributed by atoms with Gasteiger partial charge >= 0.3 is 6.18 Å². The predicted molar refractivity (Wildman–Crippen MR) is 127 cm³/mol. The second kappa shape index (κ2) is 9.58. The van der Waals surface area contributed by atoms with Crippen LogP contribution in [0.4, 0.5) is 19.0 Å². The van der Waals surface area contributed by atoms with E-state index in [2.05, 4.69) is 15.2 Å². The minimum atomic E-state index is -4.44. The molecule has 4 rings (SSSR count). The number of anilines is 1. The monoisotopic (exact) mass is 450 g/mol. The SMILES string of the molecule is CN(C)CCCNc1nc(-c2cccc(-c3ccccc3)c2)nc2cc(C(F)(F)F)ccc12. The lowest BCUT2D eigenvalue weighted by Gasteiger charge is -2.14. The van der Waals surface area contributed by atoms with Gasteiger partial charge in [-0.25, -0.2) is 9.97 Å². The van der Waals surface area contributed by atoms with Crippen LogP contribution in [0.5, 0.6) is 0 Å². The van der Waals surface area contributed by atoms with Gasteiger partial charge in [0.1, 0.15) is 5.82 Å². The van der Waals surface area contributed by atoms with E-state index in [-0.39, 0.29) is 5.52 Å². The molecule has 7 heteroatoms. The number of aromatic nitrogens is 2. The third-order valence-electron chi connectivity index (χ3n) is 5.33. The van der Waals surface area contributed by atoms with Crippen molar-refractivity contribution >= 4 is 16.7 Å². The van der Waals surface area contributed by atoms with Gasteiger partial charge in [0, 0.05) is 17.5 Å². The molecule has 0 aliphatic carbocycles. The molecule has 0 aliphatic heterocycles. The molecule has 4 aromatic rings. The van der Waals surface area contributed by atoms with Crippen LogP contribution < -0.4 is 5.32 Å². The van der Waals surface area contributed by atoms with Crippen molar-refractivity contribution in [1.82, 2.24) is 14.9 Å². The first-order valence-electron chi connectivity index (χ1n) is 10.7. The smallest absolute Gasteiger partial charge is 0.369 e. The van der Waals surface area contributed by atoms with Crippen LogP contribution in [0.25, 0.3) is 33.4 Å². The lowest BCUT2D eigenvalue weighted by Crippen LogP contribution is -2.17. The zero-order valence-electron chi connectivity index (χ0n) is 18.5. The minimum absolute atomic E-state index is 0.259. The Morgan fingerprint density at radius 3 is 2.27 bits per heavy atom. The number of benzene rings is 3. The van der Waals surface area contributed by atoms with E-state index in [0.717, 1.165) is 41.8 Å². The van der Waals surface area contributed by atoms with Crippen LogP contribution >= 0.6 is 0 Å². The van der Waals surface area contributed by atoms with E-state index in [0.29, 0.717) is 23.6 Å². The van der Waals surface area contributed by atoms with Crippen molar-refractivity contribution in [2.75, 3.05) is 32.5 Å². The van der Waals surface area contributed by atoms with Gasteiger partial charge < -0.3 is 10.2 Å². The molecule has 0 unspecified atom stereocenters. The van der Waals surface area contributed by atoms with Crippen LogP contribution in [0.1, 0.15) is 12.0 Å². The number of hydrogen-bond acceptors (Lipinski definition) is 4. The highest BCUT2D eigenvalue weighted by molar-refractivity contribution is 5.91. The van der Waals surface area contributed by atoms with Gasteiger partial charge in [-0.3, -0.25) is 0 Å². The highest BCUT2D eigenvalue weighted by Crippen LogP contribution is 2.34. The molecule has 170 valence electrons. The van der Waals surface area contributed by atoms with Gasteiger partial charge in [0.05, 0.1) is 11.1 Å². The maximum atomic E-state index is 13.3. The number of alkyl halides is 3. The second-order valence-corrected chi connectivity index (χ2v) is 8.16. The number of fused-ring (bicyclic) bond motifs is 1. The van der Waals surface area contributed by atoms with Gasteiger partial charge in [-0.15, -0.1) is 0 Å². The molecule has 0 atom stereocenters. The quantitative estimate of drug-likeness (QED) is 0.333. The van der Waals surface area contributed by atoms with Gasteiger partial charge in [-0.1, -0.05) is 48.5 Å². The first kappa shape index (κ1) is 22.7. The first-order chi connectivity index (χ1) is 15.8. The fraction of sp³-hybridized carbons (Fsp3) is 0.231. The van der Waals surface area contributed by atoms with Crippen LogP contribution in [0.3, 0.4) is 0 Å². The number of nitrogens with one attached hydrogen (secondary N) is 1. The number of hydrogen-bond donors (Lipinski definition) is 1. The van der Waals surface area contributed by atoms with Gasteiger partial charge in [0.2, 0.25) is 0 Å². The standard InChI is InChI=1S/C26H25F3N4/c1-33(2)15-7-14-30-25-22-13-12-21(26(27,28)29)17-23(22)31-24(32-25)20-11-6-10-19(16-20)18-8-4-3-5-9-18/h3-6,8-13,16-17H,7,14-15H2,1-2H3,(H,30,31,32). The van der Waals surface area contributed by atoms with E-state index in [1.165, 1.54) is 6.07 Å². The highest BCUT2D eigenvalue weighted by atomic mass is 19.4. The highest BCUT2D eigenvalue weighted by Gasteiger charge is 2.31. The lowest BCUT2D eigenvalue weighted by atomic mass is 10.0. The maximum absolute atomic E-state index is 13.3. The Morgan fingerprint density at radius 2 is 1.55 bits per heavy atom. The summed E-state index contributed by atoms with van der Waals surface area (Å²) in [5.74, 6) is 0.919. The molecule has 0 saturated carbocycles. The summed E-state index contributed by atoms with van der Waals surface area (Å²) in [5, 5.41) is 3.86. The van der Waals surface area contributed by atoms with E-state index in [9.17, 15) is 13.2 Å². The molecule has 0 aliphatic rings. The Morgan fingerprint density at radius 1 is 0.818 bits per heavy atom. The first-order valence-corrected chi connectivity index (χ1v) is 10.7. The molecule has 1 N–H and O–H groups in total. The number of halogens is 3. The van der Waals surface area contributed by atoms with Crippen LogP contribution in [0, 0.1) is 0 Å². The maximum Gasteiger partial charge on any atom is 0.416 e. The summed E-state index contributed by atoms with van der Waals surface area (Å²) in [6.45, 7) is 1.54. The molecule has 3 aromatic carbocycles. The largest absolute Gasteiger partial charge is 0.416 e. The summed E-state index contributed by atoms with van der Waals surface area (Å²) in [7, 11) is 3.99. The third kappa shape index (κ3) is 5.49. The summed E-state index contributed by atoms with van der Waals surface area (Å²) in [6.07, 6.45) is -3.57. The van der Waals surface area contributed by atoms with Crippen LogP contribution in [0.2, 0.25) is 0 Å². The summed E-state index contributed by atoms with van der Waals surface area (Å²) in [5.41, 5.74) is 2.31. The van der Waals surface area contributed by atoms with Crippen molar-refractivity contribution < 1.29 is 13.2 Å². The normalized spacial score (nSPS) is 11.8. The molecule has 0 fully saturated rings. The molecule has 0 bridgehead atoms. The van der Waals surface area contributed by atoms with E-state index >= 15 is 0 Å². The zero-order valence-corrected chi connectivity index (χ0v) is 18.5. The molecule has 1 heterocycles. The molecule has 0 saturated heterocycles. The molecule has 0 amide bonds. The summed E-state index contributed by atoms with van der Waals surface area (Å²) in [4.78, 5) is 11.3. The average molecular weight is 451 g/mol. The van der Waals surface area contributed by atoms with Crippen molar-refractivity contribution in [2.24, 2.45) is 0 Å². The molecule has 33 heavy (non-hydrogen) atoms. The summed E-state index contributed by atoms with van der Waals surface area (Å²) < 4.78 is 40.0.